The fourth-order valence-corrected chi connectivity index (χ4v) is 4.37. The van der Waals surface area contributed by atoms with E-state index in [4.69, 9.17) is 10.7 Å². The summed E-state index contributed by atoms with van der Waals surface area (Å²) in [5.41, 5.74) is 14.8. The molecule has 0 radical (unpaired) electrons. The van der Waals surface area contributed by atoms with Crippen molar-refractivity contribution in [1.29, 1.82) is 0 Å². The summed E-state index contributed by atoms with van der Waals surface area (Å²) in [7, 11) is 1.99. The van der Waals surface area contributed by atoms with Crippen LogP contribution in [0.4, 0.5) is 4.39 Å². The number of benzene rings is 4. The Labute approximate surface area is 219 Å². The van der Waals surface area contributed by atoms with Crippen LogP contribution >= 0.6 is 0 Å². The summed E-state index contributed by atoms with van der Waals surface area (Å²) in [6.45, 7) is 8.20. The Kier molecular flexibility index (Phi) is 9.39. The Morgan fingerprint density at radius 1 is 0.865 bits per heavy atom. The van der Waals surface area contributed by atoms with Gasteiger partial charge in [0.2, 0.25) is 0 Å². The lowest BCUT2D eigenvalue weighted by Crippen LogP contribution is -2.36. The van der Waals surface area contributed by atoms with Crippen LogP contribution in [0.2, 0.25) is 0 Å². The zero-order valence-corrected chi connectivity index (χ0v) is 21.1. The maximum absolute atomic E-state index is 14.4. The normalized spacial score (nSPS) is 10.9. The molecule has 0 saturated heterocycles. The Hall–Kier alpha value is -4.64. The largest absolute Gasteiger partial charge is 0.405 e. The van der Waals surface area contributed by atoms with Gasteiger partial charge in [-0.3, -0.25) is 4.99 Å². The van der Waals surface area contributed by atoms with E-state index in [0.717, 1.165) is 28.0 Å². The molecule has 188 valence electrons. The molecule has 0 fully saturated rings. The number of likely N-dealkylation sites (N-methyl/N-ethyl adjacent to an activating group) is 1. The summed E-state index contributed by atoms with van der Waals surface area (Å²) in [5.74, 6) is -0.234. The first kappa shape index (κ1) is 27.0. The van der Waals surface area contributed by atoms with Gasteiger partial charge in [-0.25, -0.2) is 4.39 Å². The van der Waals surface area contributed by atoms with Crippen LogP contribution in [0.3, 0.4) is 0 Å². The van der Waals surface area contributed by atoms with Gasteiger partial charge < -0.3 is 16.4 Å². The van der Waals surface area contributed by atoms with Gasteiger partial charge in [-0.1, -0.05) is 110 Å². The lowest BCUT2D eigenvalue weighted by atomic mass is 9.80. The van der Waals surface area contributed by atoms with Crippen LogP contribution in [0.25, 0.3) is 11.1 Å². The first-order chi connectivity index (χ1) is 18.0. The van der Waals surface area contributed by atoms with Crippen molar-refractivity contribution in [2.24, 2.45) is 16.5 Å². The minimum atomic E-state index is -0.880. The molecule has 4 rings (SSSR count). The van der Waals surface area contributed by atoms with E-state index in [2.05, 4.69) is 23.8 Å². The molecular weight excluding hydrogens is 459 g/mol. The topological polar surface area (TPSA) is 67.6 Å². The summed E-state index contributed by atoms with van der Waals surface area (Å²) >= 11 is 0. The molecule has 0 saturated carbocycles. The number of hydrogen-bond donors (Lipinski definition) is 2. The molecule has 0 aromatic heterocycles. The van der Waals surface area contributed by atoms with E-state index in [9.17, 15) is 4.39 Å². The highest BCUT2D eigenvalue weighted by molar-refractivity contribution is 5.65. The minimum Gasteiger partial charge on any atom is -0.405 e. The van der Waals surface area contributed by atoms with Crippen molar-refractivity contribution < 1.29 is 4.39 Å². The van der Waals surface area contributed by atoms with E-state index in [1.807, 2.05) is 98.0 Å². The first-order valence-electron chi connectivity index (χ1n) is 11.9. The van der Waals surface area contributed by atoms with Crippen molar-refractivity contribution in [3.63, 3.8) is 0 Å². The van der Waals surface area contributed by atoms with Gasteiger partial charge in [0, 0.05) is 24.9 Å². The Morgan fingerprint density at radius 3 is 1.95 bits per heavy atom. The molecule has 0 bridgehead atoms. The third-order valence-corrected chi connectivity index (χ3v) is 6.06. The predicted octanol–water partition coefficient (Wildman–Crippen LogP) is 6.46. The summed E-state index contributed by atoms with van der Waals surface area (Å²) in [6.07, 6.45) is 2.60. The Morgan fingerprint density at radius 2 is 1.41 bits per heavy atom. The number of halogens is 1. The molecule has 4 aromatic rings. The van der Waals surface area contributed by atoms with Gasteiger partial charge in [0.15, 0.2) is 5.54 Å². The predicted molar refractivity (Wildman–Crippen MR) is 153 cm³/mol. The monoisotopic (exact) mass is 492 g/mol. The first-order valence-corrected chi connectivity index (χ1v) is 11.9. The molecule has 4 N–H and O–H groups in total. The third-order valence-electron chi connectivity index (χ3n) is 6.06. The average Bonchev–Trinajstić information content (AvgIpc) is 2.93. The molecule has 0 heterocycles. The molecule has 0 unspecified atom stereocenters. The highest BCUT2D eigenvalue weighted by atomic mass is 19.1. The molecule has 4 nitrogen and oxygen atoms in total. The molecule has 0 aliphatic carbocycles. The second-order valence-electron chi connectivity index (χ2n) is 8.44. The maximum atomic E-state index is 14.4. The smallest absolute Gasteiger partial charge is 0.151 e. The lowest BCUT2D eigenvalue weighted by Gasteiger charge is -2.38. The van der Waals surface area contributed by atoms with Crippen molar-refractivity contribution >= 4 is 6.34 Å². The van der Waals surface area contributed by atoms with Crippen LogP contribution in [0, 0.1) is 5.82 Å². The second-order valence-corrected chi connectivity index (χ2v) is 8.44. The van der Waals surface area contributed by atoms with Gasteiger partial charge in [0.1, 0.15) is 5.82 Å². The van der Waals surface area contributed by atoms with Gasteiger partial charge in [-0.15, -0.1) is 0 Å². The summed E-state index contributed by atoms with van der Waals surface area (Å²) in [4.78, 5) is 6.87. The van der Waals surface area contributed by atoms with Gasteiger partial charge in [-0.2, -0.15) is 0 Å². The van der Waals surface area contributed by atoms with E-state index in [1.54, 1.807) is 12.1 Å². The summed E-state index contributed by atoms with van der Waals surface area (Å²) in [6, 6.07) is 34.8. The van der Waals surface area contributed by atoms with Gasteiger partial charge >= 0.3 is 0 Å². The highest BCUT2D eigenvalue weighted by Crippen LogP contribution is 2.41. The van der Waals surface area contributed by atoms with Crippen molar-refractivity contribution in [3.05, 3.63) is 157 Å². The molecule has 5 heteroatoms. The number of rotatable bonds is 8. The molecule has 0 aliphatic rings. The van der Waals surface area contributed by atoms with Crippen molar-refractivity contribution in [2.45, 2.75) is 12.1 Å². The van der Waals surface area contributed by atoms with E-state index < -0.39 is 5.54 Å². The second kappa shape index (κ2) is 12.9. The van der Waals surface area contributed by atoms with E-state index >= 15 is 0 Å². The van der Waals surface area contributed by atoms with Crippen LogP contribution in [0.15, 0.2) is 139 Å². The zero-order valence-electron chi connectivity index (χ0n) is 21.1. The van der Waals surface area contributed by atoms with Gasteiger partial charge in [0.25, 0.3) is 0 Å². The van der Waals surface area contributed by atoms with Crippen molar-refractivity contribution in [1.82, 2.24) is 4.90 Å². The zero-order chi connectivity index (χ0) is 26.7. The molecule has 0 atom stereocenters. The summed E-state index contributed by atoms with van der Waals surface area (Å²) in [5, 5.41) is 0. The number of nitrogens with zero attached hydrogens (tertiary/aromatic N) is 2. The maximum Gasteiger partial charge on any atom is 0.151 e. The molecule has 0 spiro atoms. The third kappa shape index (κ3) is 6.14. The van der Waals surface area contributed by atoms with Gasteiger partial charge in [0.05, 0.1) is 6.34 Å². The standard InChI is InChI=1S/C30H28FN3.C2H5N/c1-23(30(33-22-32,26-14-5-3-6-15-26)27-16-7-4-8-17-27)34(2)21-24-12-11-13-25(20-24)28-18-9-10-19-29(28)31;1-2-3/h3-20,22H,1,21H2,2H3,(H2,32,33);2H,1,3H2. The molecule has 0 amide bonds. The van der Waals surface area contributed by atoms with Crippen LogP contribution in [-0.4, -0.2) is 18.3 Å². The van der Waals surface area contributed by atoms with E-state index in [-0.39, 0.29) is 5.82 Å². The van der Waals surface area contributed by atoms with Crippen LogP contribution in [0.1, 0.15) is 16.7 Å². The number of hydrogen-bond acceptors (Lipinski definition) is 3. The quantitative estimate of drug-likeness (QED) is 0.219. The average molecular weight is 493 g/mol. The molecule has 4 aromatic carbocycles. The Bertz CT molecular complexity index is 1290. The molecule has 0 aliphatic heterocycles. The minimum absolute atomic E-state index is 0.234. The SMILES string of the molecule is C=C(N(C)Cc1cccc(-c2ccccc2F)c1)C(N=CN)(c1ccccc1)c1ccccc1.C=CN. The van der Waals surface area contributed by atoms with Gasteiger partial charge in [-0.05, 0) is 40.6 Å². The molecule has 37 heavy (non-hydrogen) atoms. The van der Waals surface area contributed by atoms with Crippen LogP contribution < -0.4 is 11.5 Å². The fourth-order valence-electron chi connectivity index (χ4n) is 4.37. The number of nitrogens with two attached hydrogens (primary N) is 2. The van der Waals surface area contributed by atoms with Crippen LogP contribution in [-0.2, 0) is 12.1 Å². The number of aliphatic imine (C=N–C) groups is 1. The summed E-state index contributed by atoms with van der Waals surface area (Å²) < 4.78 is 14.4. The van der Waals surface area contributed by atoms with Crippen molar-refractivity contribution in [3.8, 4) is 11.1 Å². The molecular formula is C32H33FN4. The fraction of sp³-hybridized carbons (Fsp3) is 0.0938. The highest BCUT2D eigenvalue weighted by Gasteiger charge is 2.38. The van der Waals surface area contributed by atoms with Crippen LogP contribution in [0.5, 0.6) is 0 Å². The van der Waals surface area contributed by atoms with E-state index in [1.165, 1.54) is 18.6 Å². The Balaban J connectivity index is 0.00000121. The van der Waals surface area contributed by atoms with E-state index in [0.29, 0.717) is 12.1 Å². The van der Waals surface area contributed by atoms with Crippen molar-refractivity contribution in [2.75, 3.05) is 7.05 Å². The lowest BCUT2D eigenvalue weighted by molar-refractivity contribution is 0.350.